The smallest absolute Gasteiger partial charge is 0.0519 e. The van der Waals surface area contributed by atoms with E-state index in [0.29, 0.717) is 11.8 Å². The van der Waals surface area contributed by atoms with E-state index in [-0.39, 0.29) is 0 Å². The van der Waals surface area contributed by atoms with Gasteiger partial charge in [0.1, 0.15) is 0 Å². The molecule has 1 heterocycles. The van der Waals surface area contributed by atoms with Crippen LogP contribution in [0.2, 0.25) is 0 Å². The van der Waals surface area contributed by atoms with E-state index in [0.717, 1.165) is 24.5 Å². The molecule has 0 bridgehead atoms. The number of hydrogen-bond donors (Lipinski definition) is 1. The summed E-state index contributed by atoms with van der Waals surface area (Å²) in [6.45, 7) is 17.8. The predicted molar refractivity (Wildman–Crippen MR) is 120 cm³/mol. The summed E-state index contributed by atoms with van der Waals surface area (Å²) in [5.41, 5.74) is 6.30. The lowest BCUT2D eigenvalue weighted by atomic mass is 9.92. The number of benzene rings is 1. The molecule has 3 nitrogen and oxygen atoms in total. The molecule has 0 aliphatic carbocycles. The predicted octanol–water partition coefficient (Wildman–Crippen LogP) is 6.20. The first kappa shape index (κ1) is 21.7. The summed E-state index contributed by atoms with van der Waals surface area (Å²) in [4.78, 5) is 7.32. The minimum atomic E-state index is 0.498. The van der Waals surface area contributed by atoms with Crippen molar-refractivity contribution in [1.82, 2.24) is 4.90 Å². The van der Waals surface area contributed by atoms with Crippen molar-refractivity contribution < 1.29 is 0 Å². The quantitative estimate of drug-likeness (QED) is 0.553. The van der Waals surface area contributed by atoms with E-state index in [1.165, 1.54) is 49.2 Å². The van der Waals surface area contributed by atoms with Crippen LogP contribution in [0.3, 0.4) is 0 Å². The molecule has 3 heteroatoms. The molecule has 0 amide bonds. The third-order valence-electron chi connectivity index (χ3n) is 5.35. The molecule has 0 atom stereocenters. The van der Waals surface area contributed by atoms with E-state index in [4.69, 9.17) is 4.99 Å². The van der Waals surface area contributed by atoms with E-state index in [1.54, 1.807) is 0 Å². The first-order valence-electron chi connectivity index (χ1n) is 10.7. The monoisotopic (exact) mass is 369 g/mol. The Morgan fingerprint density at radius 1 is 1.04 bits per heavy atom. The van der Waals surface area contributed by atoms with Crippen LogP contribution in [-0.4, -0.2) is 36.8 Å². The number of piperidine rings is 1. The summed E-state index contributed by atoms with van der Waals surface area (Å²) in [5.74, 6) is 0.997. The second-order valence-electron chi connectivity index (χ2n) is 8.50. The number of anilines is 1. The highest BCUT2D eigenvalue weighted by Crippen LogP contribution is 2.33. The molecule has 1 aliphatic rings. The lowest BCUT2D eigenvalue weighted by Gasteiger charge is -2.25. The molecular weight excluding hydrogens is 330 g/mol. The van der Waals surface area contributed by atoms with Crippen LogP contribution in [0.25, 0.3) is 0 Å². The van der Waals surface area contributed by atoms with Gasteiger partial charge in [0.25, 0.3) is 0 Å². The molecule has 1 fully saturated rings. The van der Waals surface area contributed by atoms with Gasteiger partial charge in [-0.3, -0.25) is 4.99 Å². The highest BCUT2D eigenvalue weighted by atomic mass is 15.1. The van der Waals surface area contributed by atoms with Crippen molar-refractivity contribution in [2.24, 2.45) is 4.99 Å². The second kappa shape index (κ2) is 10.7. The van der Waals surface area contributed by atoms with Gasteiger partial charge in [-0.1, -0.05) is 52.3 Å². The van der Waals surface area contributed by atoms with E-state index in [9.17, 15) is 0 Å². The molecule has 1 aromatic rings. The Labute approximate surface area is 167 Å². The highest BCUT2D eigenvalue weighted by Gasteiger charge is 2.13. The van der Waals surface area contributed by atoms with E-state index < -0.39 is 0 Å². The summed E-state index contributed by atoms with van der Waals surface area (Å²) >= 11 is 0. The van der Waals surface area contributed by atoms with Crippen LogP contribution in [0.1, 0.15) is 83.8 Å². The summed E-state index contributed by atoms with van der Waals surface area (Å²) in [5, 5.41) is 3.68. The van der Waals surface area contributed by atoms with Crippen molar-refractivity contribution in [2.75, 3.05) is 31.5 Å². The summed E-state index contributed by atoms with van der Waals surface area (Å²) in [6, 6.07) is 6.67. The fourth-order valence-corrected chi connectivity index (χ4v) is 3.84. The normalized spacial score (nSPS) is 17.0. The Hall–Kier alpha value is -1.61. The number of aliphatic imine (C=N–C) groups is 1. The van der Waals surface area contributed by atoms with Crippen molar-refractivity contribution >= 4 is 11.4 Å². The molecule has 1 N–H and O–H groups in total. The summed E-state index contributed by atoms with van der Waals surface area (Å²) < 4.78 is 0. The third kappa shape index (κ3) is 6.80. The third-order valence-corrected chi connectivity index (χ3v) is 5.35. The van der Waals surface area contributed by atoms with Crippen molar-refractivity contribution in [1.29, 1.82) is 0 Å². The molecule has 1 aromatic carbocycles. The Morgan fingerprint density at radius 2 is 1.63 bits per heavy atom. The molecule has 1 saturated heterocycles. The van der Waals surface area contributed by atoms with E-state index >= 15 is 0 Å². The summed E-state index contributed by atoms with van der Waals surface area (Å²) in [7, 11) is 0. The maximum atomic E-state index is 4.77. The summed E-state index contributed by atoms with van der Waals surface area (Å²) in [6.07, 6.45) is 6.26. The van der Waals surface area contributed by atoms with Gasteiger partial charge < -0.3 is 10.2 Å². The van der Waals surface area contributed by atoms with Gasteiger partial charge in [-0.25, -0.2) is 0 Å². The van der Waals surface area contributed by atoms with E-state index in [2.05, 4.69) is 76.0 Å². The molecule has 27 heavy (non-hydrogen) atoms. The molecule has 150 valence electrons. The lowest BCUT2D eigenvalue weighted by molar-refractivity contribution is 0.235. The van der Waals surface area contributed by atoms with Crippen molar-refractivity contribution in [3.8, 4) is 0 Å². The van der Waals surface area contributed by atoms with Crippen LogP contribution < -0.4 is 5.32 Å². The van der Waals surface area contributed by atoms with Gasteiger partial charge in [-0.2, -0.15) is 0 Å². The fourth-order valence-electron chi connectivity index (χ4n) is 3.84. The molecule has 0 unspecified atom stereocenters. The zero-order chi connectivity index (χ0) is 19.8. The molecule has 1 aliphatic heterocycles. The van der Waals surface area contributed by atoms with E-state index in [1.807, 2.05) is 0 Å². The maximum Gasteiger partial charge on any atom is 0.0519 e. The van der Waals surface area contributed by atoms with Crippen molar-refractivity contribution in [3.63, 3.8) is 0 Å². The minimum absolute atomic E-state index is 0.498. The topological polar surface area (TPSA) is 27.6 Å². The first-order valence-corrected chi connectivity index (χ1v) is 10.7. The van der Waals surface area contributed by atoms with Gasteiger partial charge in [0.2, 0.25) is 0 Å². The van der Waals surface area contributed by atoms with Crippen LogP contribution >= 0.6 is 0 Å². The lowest BCUT2D eigenvalue weighted by Crippen LogP contribution is -2.31. The van der Waals surface area contributed by atoms with Crippen LogP contribution in [0.5, 0.6) is 0 Å². The Kier molecular flexibility index (Phi) is 8.56. The SMILES string of the molecule is CC(=CC(C)=NCCN1CCCCC1)Nc1c(C(C)C)cccc1C(C)C. The number of allylic oxidation sites excluding steroid dienone is 2. The Balaban J connectivity index is 2.04. The fraction of sp³-hybridized carbons (Fsp3) is 0.625. The molecule has 0 radical (unpaired) electrons. The molecule has 0 aromatic heterocycles. The number of para-hydroxylation sites is 1. The van der Waals surface area contributed by atoms with Gasteiger partial charge in [0.05, 0.1) is 6.54 Å². The minimum Gasteiger partial charge on any atom is -0.359 e. The number of rotatable bonds is 8. The average Bonchev–Trinajstić information content (AvgIpc) is 2.62. The molecular formula is C24H39N3. The average molecular weight is 370 g/mol. The van der Waals surface area contributed by atoms with Crippen LogP contribution in [0, 0.1) is 0 Å². The largest absolute Gasteiger partial charge is 0.359 e. The second-order valence-corrected chi connectivity index (χ2v) is 8.50. The zero-order valence-corrected chi connectivity index (χ0v) is 18.3. The molecule has 0 spiro atoms. The Bertz CT molecular complexity index is 623. The number of likely N-dealkylation sites (tertiary alicyclic amines) is 1. The van der Waals surface area contributed by atoms with Gasteiger partial charge in [-0.15, -0.1) is 0 Å². The van der Waals surface area contributed by atoms with Crippen molar-refractivity contribution in [3.05, 3.63) is 41.1 Å². The van der Waals surface area contributed by atoms with Gasteiger partial charge >= 0.3 is 0 Å². The van der Waals surface area contributed by atoms with Crippen LogP contribution in [0.15, 0.2) is 35.0 Å². The van der Waals surface area contributed by atoms with Crippen LogP contribution in [-0.2, 0) is 0 Å². The van der Waals surface area contributed by atoms with Gasteiger partial charge in [-0.05, 0) is 68.8 Å². The van der Waals surface area contributed by atoms with Crippen LogP contribution in [0.4, 0.5) is 5.69 Å². The number of nitrogens with zero attached hydrogens (tertiary/aromatic N) is 2. The molecule has 2 rings (SSSR count). The highest BCUT2D eigenvalue weighted by molar-refractivity contribution is 5.93. The first-order chi connectivity index (χ1) is 12.9. The number of nitrogens with one attached hydrogen (secondary N) is 1. The Morgan fingerprint density at radius 3 is 2.19 bits per heavy atom. The number of hydrogen-bond acceptors (Lipinski definition) is 3. The maximum absolute atomic E-state index is 4.77. The van der Waals surface area contributed by atoms with Gasteiger partial charge in [0.15, 0.2) is 0 Å². The standard InChI is InChI=1S/C24H39N3/c1-18(2)22-11-10-12-23(19(3)4)24(22)26-21(6)17-20(5)25-13-16-27-14-8-7-9-15-27/h10-12,17-19,26H,7-9,13-16H2,1-6H3. The van der Waals surface area contributed by atoms with Crippen molar-refractivity contribution in [2.45, 2.75) is 72.6 Å². The zero-order valence-electron chi connectivity index (χ0n) is 18.3. The molecule has 0 saturated carbocycles. The van der Waals surface area contributed by atoms with Gasteiger partial charge in [0, 0.05) is 23.6 Å².